The fourth-order valence-electron chi connectivity index (χ4n) is 5.20. The van der Waals surface area contributed by atoms with E-state index in [1.807, 2.05) is 48.5 Å². The molecule has 3 N–H and O–H groups in total. The molecule has 1 amide bonds. The number of imidazole rings is 1. The number of carbonyl (C=O) groups is 1. The molecule has 172 valence electrons. The molecule has 0 saturated heterocycles. The third kappa shape index (κ3) is 3.00. The second-order valence-electron chi connectivity index (χ2n) is 9.08. The van der Waals surface area contributed by atoms with E-state index in [0.717, 1.165) is 46.6 Å². The molecule has 2 aromatic heterocycles. The third-order valence-electron chi connectivity index (χ3n) is 6.90. The Morgan fingerprint density at radius 2 is 1.74 bits per heavy atom. The summed E-state index contributed by atoms with van der Waals surface area (Å²) >= 11 is 0. The van der Waals surface area contributed by atoms with E-state index >= 15 is 0 Å². The maximum absolute atomic E-state index is 12.6. The monoisotopic (exact) mass is 462 g/mol. The molecule has 0 radical (unpaired) electrons. The minimum Gasteiger partial charge on any atom is -0.504 e. The highest BCUT2D eigenvalue weighted by molar-refractivity contribution is 6.07. The minimum absolute atomic E-state index is 0.0496. The molecule has 0 aliphatic carbocycles. The summed E-state index contributed by atoms with van der Waals surface area (Å²) in [6, 6.07) is 19.6. The lowest BCUT2D eigenvalue weighted by atomic mass is 10.1. The summed E-state index contributed by atoms with van der Waals surface area (Å²) in [7, 11) is 1.80. The summed E-state index contributed by atoms with van der Waals surface area (Å²) in [5.74, 6) is 0.691. The van der Waals surface area contributed by atoms with Crippen LogP contribution in [0, 0.1) is 0 Å². The molecule has 8 heteroatoms. The molecule has 2 aliphatic heterocycles. The van der Waals surface area contributed by atoms with Gasteiger partial charge in [0.05, 0.1) is 23.1 Å². The number of aryl methyl sites for hydroxylation is 1. The highest BCUT2D eigenvalue weighted by Crippen LogP contribution is 2.40. The number of rotatable bonds is 3. The fraction of sp³-hybridized carbons (Fsp3) is 0.148. The largest absolute Gasteiger partial charge is 0.504 e. The topological polar surface area (TPSA) is 99.1 Å². The van der Waals surface area contributed by atoms with Crippen molar-refractivity contribution in [3.05, 3.63) is 77.4 Å². The summed E-state index contributed by atoms with van der Waals surface area (Å²) < 4.78 is 1.64. The van der Waals surface area contributed by atoms with Crippen molar-refractivity contribution in [1.29, 1.82) is 0 Å². The van der Waals surface area contributed by atoms with Crippen LogP contribution in [0.2, 0.25) is 0 Å². The molecule has 0 atom stereocenters. The molecule has 0 saturated carbocycles. The normalized spacial score (nSPS) is 14.7. The molecule has 0 spiro atoms. The maximum Gasteiger partial charge on any atom is 0.236 e. The molecule has 2 aliphatic rings. The second kappa shape index (κ2) is 7.28. The molecule has 4 heterocycles. The first-order valence-electron chi connectivity index (χ1n) is 11.6. The van der Waals surface area contributed by atoms with Crippen LogP contribution < -0.4 is 10.2 Å². The number of H-pyrrole nitrogens is 1. The fourth-order valence-corrected chi connectivity index (χ4v) is 5.20. The lowest BCUT2D eigenvalue weighted by Crippen LogP contribution is -2.20. The minimum atomic E-state index is 0.0496. The summed E-state index contributed by atoms with van der Waals surface area (Å²) in [5.41, 5.74) is 8.81. The first kappa shape index (κ1) is 20.0. The van der Waals surface area contributed by atoms with Crippen LogP contribution in [0.3, 0.4) is 0 Å². The standard InChI is InChI=1S/C27H22N6O2/c1-32-25(27-29-20-10-17-13-28-14-18(17)11-21(20)30-27)26(35)24(31-32)15-6-8-19(9-7-15)33-22-5-3-2-4-16(22)12-23(33)34/h2-11,28,35H,12-14H2,1H3,(H,29,30). The number of fused-ring (bicyclic) bond motifs is 3. The summed E-state index contributed by atoms with van der Waals surface area (Å²) in [6.45, 7) is 1.70. The van der Waals surface area contributed by atoms with Crippen LogP contribution in [-0.4, -0.2) is 30.8 Å². The van der Waals surface area contributed by atoms with Crippen molar-refractivity contribution in [3.63, 3.8) is 0 Å². The van der Waals surface area contributed by atoms with Crippen LogP contribution in [0.25, 0.3) is 33.8 Å². The molecule has 7 rings (SSSR count). The first-order chi connectivity index (χ1) is 17.1. The van der Waals surface area contributed by atoms with Crippen LogP contribution >= 0.6 is 0 Å². The van der Waals surface area contributed by atoms with Crippen LogP contribution in [0.1, 0.15) is 16.7 Å². The molecule has 8 nitrogen and oxygen atoms in total. The average molecular weight is 463 g/mol. The Morgan fingerprint density at radius 1 is 0.971 bits per heavy atom. The van der Waals surface area contributed by atoms with E-state index in [9.17, 15) is 9.90 Å². The van der Waals surface area contributed by atoms with Crippen molar-refractivity contribution in [2.24, 2.45) is 7.05 Å². The third-order valence-corrected chi connectivity index (χ3v) is 6.90. The van der Waals surface area contributed by atoms with Gasteiger partial charge in [0.25, 0.3) is 0 Å². The van der Waals surface area contributed by atoms with Crippen molar-refractivity contribution in [3.8, 4) is 28.5 Å². The number of nitrogens with zero attached hydrogens (tertiary/aromatic N) is 4. The van der Waals surface area contributed by atoms with E-state index in [-0.39, 0.29) is 11.7 Å². The van der Waals surface area contributed by atoms with Gasteiger partial charge in [-0.15, -0.1) is 0 Å². The molecular formula is C27H22N6O2. The summed E-state index contributed by atoms with van der Waals surface area (Å²) in [5, 5.41) is 19.1. The van der Waals surface area contributed by atoms with Gasteiger partial charge in [-0.3, -0.25) is 14.4 Å². The molecule has 35 heavy (non-hydrogen) atoms. The number of anilines is 2. The van der Waals surface area contributed by atoms with E-state index in [1.165, 1.54) is 11.1 Å². The highest BCUT2D eigenvalue weighted by atomic mass is 16.3. The van der Waals surface area contributed by atoms with Crippen LogP contribution in [0.4, 0.5) is 11.4 Å². The van der Waals surface area contributed by atoms with Gasteiger partial charge in [-0.1, -0.05) is 30.3 Å². The number of aromatic hydroxyl groups is 1. The Bertz CT molecular complexity index is 1610. The molecule has 3 aromatic carbocycles. The second-order valence-corrected chi connectivity index (χ2v) is 9.08. The Kier molecular flexibility index (Phi) is 4.16. The Hall–Kier alpha value is -4.43. The number of nitrogens with one attached hydrogen (secondary N) is 2. The molecule has 0 bridgehead atoms. The van der Waals surface area contributed by atoms with Crippen molar-refractivity contribution in [2.45, 2.75) is 19.5 Å². The van der Waals surface area contributed by atoms with E-state index < -0.39 is 0 Å². The van der Waals surface area contributed by atoms with E-state index in [0.29, 0.717) is 23.6 Å². The number of amides is 1. The number of hydrogen-bond donors (Lipinski definition) is 3. The van der Waals surface area contributed by atoms with Crippen LogP contribution in [0.15, 0.2) is 60.7 Å². The van der Waals surface area contributed by atoms with Crippen LogP contribution in [-0.2, 0) is 31.4 Å². The zero-order valence-corrected chi connectivity index (χ0v) is 19.0. The Morgan fingerprint density at radius 3 is 2.57 bits per heavy atom. The highest BCUT2D eigenvalue weighted by Gasteiger charge is 2.28. The van der Waals surface area contributed by atoms with Crippen molar-refractivity contribution in [2.75, 3.05) is 4.90 Å². The van der Waals surface area contributed by atoms with Gasteiger partial charge in [0.2, 0.25) is 5.91 Å². The zero-order valence-electron chi connectivity index (χ0n) is 19.0. The number of carbonyl (C=O) groups excluding carboxylic acids is 1. The number of benzene rings is 3. The van der Waals surface area contributed by atoms with Crippen molar-refractivity contribution < 1.29 is 9.90 Å². The smallest absolute Gasteiger partial charge is 0.236 e. The van der Waals surface area contributed by atoms with Gasteiger partial charge < -0.3 is 15.4 Å². The zero-order chi connectivity index (χ0) is 23.7. The quantitative estimate of drug-likeness (QED) is 0.374. The van der Waals surface area contributed by atoms with E-state index in [2.05, 4.69) is 27.5 Å². The molecule has 0 fully saturated rings. The number of hydrogen-bond acceptors (Lipinski definition) is 5. The lowest BCUT2D eigenvalue weighted by molar-refractivity contribution is -0.116. The predicted octanol–water partition coefficient (Wildman–Crippen LogP) is 4.16. The number of aromatic amines is 1. The molecular weight excluding hydrogens is 440 g/mol. The summed E-state index contributed by atoms with van der Waals surface area (Å²) in [6.07, 6.45) is 0.402. The first-order valence-corrected chi connectivity index (χ1v) is 11.6. The van der Waals surface area contributed by atoms with Gasteiger partial charge in [0.15, 0.2) is 11.6 Å². The van der Waals surface area contributed by atoms with Gasteiger partial charge in [-0.2, -0.15) is 5.10 Å². The Balaban J connectivity index is 1.25. The summed E-state index contributed by atoms with van der Waals surface area (Å²) in [4.78, 5) is 22.5. The van der Waals surface area contributed by atoms with E-state index in [1.54, 1.807) is 16.6 Å². The number of para-hydroxylation sites is 1. The molecule has 0 unspecified atom stereocenters. The van der Waals surface area contributed by atoms with Crippen molar-refractivity contribution >= 4 is 28.3 Å². The van der Waals surface area contributed by atoms with Crippen LogP contribution in [0.5, 0.6) is 5.75 Å². The maximum atomic E-state index is 12.6. The van der Waals surface area contributed by atoms with Gasteiger partial charge in [-0.05, 0) is 47.0 Å². The van der Waals surface area contributed by atoms with E-state index in [4.69, 9.17) is 4.98 Å². The SMILES string of the molecule is Cn1nc(-c2ccc(N3C(=O)Cc4ccccc43)cc2)c(O)c1-c1nc2cc3c(cc2[nH]1)CNC3. The van der Waals surface area contributed by atoms with Gasteiger partial charge in [0.1, 0.15) is 11.4 Å². The van der Waals surface area contributed by atoms with Gasteiger partial charge in [-0.25, -0.2) is 4.98 Å². The predicted molar refractivity (Wildman–Crippen MR) is 133 cm³/mol. The van der Waals surface area contributed by atoms with Gasteiger partial charge in [0, 0.05) is 31.4 Å². The lowest BCUT2D eigenvalue weighted by Gasteiger charge is -2.17. The Labute approximate surface area is 200 Å². The number of aromatic nitrogens is 4. The molecule has 5 aromatic rings. The van der Waals surface area contributed by atoms with Gasteiger partial charge >= 0.3 is 0 Å². The van der Waals surface area contributed by atoms with Crippen molar-refractivity contribution in [1.82, 2.24) is 25.1 Å². The average Bonchev–Trinajstić information content (AvgIpc) is 3.61.